The van der Waals surface area contributed by atoms with E-state index in [2.05, 4.69) is 16.1 Å². The molecule has 0 radical (unpaired) electrons. The summed E-state index contributed by atoms with van der Waals surface area (Å²) in [6, 6.07) is 15.9. The highest BCUT2D eigenvalue weighted by Crippen LogP contribution is 2.47. The maximum absolute atomic E-state index is 5.78. The van der Waals surface area contributed by atoms with Gasteiger partial charge in [-0.1, -0.05) is 24.3 Å². The van der Waals surface area contributed by atoms with Crippen LogP contribution in [0.15, 0.2) is 48.5 Å². The van der Waals surface area contributed by atoms with Crippen LogP contribution < -0.4 is 8.66 Å². The Morgan fingerprint density at radius 2 is 1.27 bits per heavy atom. The fraction of sp³-hybridized carbons (Fsp3) is 0. The molecule has 3 rings (SSSR count). The van der Waals surface area contributed by atoms with Gasteiger partial charge in [0.25, 0.3) is 0 Å². The molecule has 1 aliphatic heterocycles. The Hall–Kier alpha value is -1.48. The van der Waals surface area contributed by atoms with Crippen LogP contribution in [0.5, 0.6) is 11.5 Å². The fourth-order valence-corrected chi connectivity index (χ4v) is 2.25. The molecule has 0 unspecified atom stereocenters. The molecule has 0 fully saturated rings. The molecule has 1 aliphatic rings. The average Bonchev–Trinajstić information content (AvgIpc) is 2.30. The number of rotatable bonds is 0. The summed E-state index contributed by atoms with van der Waals surface area (Å²) in [6.45, 7) is 0. The van der Waals surface area contributed by atoms with E-state index in [0.717, 1.165) is 22.9 Å². The smallest absolute Gasteiger partial charge is 0.152 e. The number of hydrogen-bond donors (Lipinski definition) is 0. The van der Waals surface area contributed by atoms with Crippen molar-refractivity contribution in [2.24, 2.45) is 0 Å². The highest BCUT2D eigenvalue weighted by molar-refractivity contribution is 9.10. The van der Waals surface area contributed by atoms with Crippen LogP contribution in [0.2, 0.25) is 0 Å². The van der Waals surface area contributed by atoms with Gasteiger partial charge >= 0.3 is 0 Å². The third kappa shape index (κ3) is 1.31. The van der Waals surface area contributed by atoms with E-state index in [1.165, 1.54) is 0 Å². The third-order valence-corrected chi connectivity index (χ3v) is 3.14. The first-order valence-electron chi connectivity index (χ1n) is 4.68. The minimum atomic E-state index is 0.869. The summed E-state index contributed by atoms with van der Waals surface area (Å²) in [5.74, 6) is 1.74. The maximum Gasteiger partial charge on any atom is 0.152 e. The standard InChI is InChI=1S/C12H8BrNO/c13-14-9-5-1-3-7-11(9)15-12-8-4-2-6-10(12)14/h1-8H. The summed E-state index contributed by atoms with van der Waals surface area (Å²) in [5.41, 5.74) is 2.05. The highest BCUT2D eigenvalue weighted by atomic mass is 79.9. The minimum Gasteiger partial charge on any atom is -0.453 e. The molecular weight excluding hydrogens is 254 g/mol. The fourth-order valence-electron chi connectivity index (χ4n) is 1.66. The molecule has 15 heavy (non-hydrogen) atoms. The molecule has 2 nitrogen and oxygen atoms in total. The molecule has 74 valence electrons. The van der Waals surface area contributed by atoms with Gasteiger partial charge in [0.15, 0.2) is 11.5 Å². The Morgan fingerprint density at radius 1 is 0.800 bits per heavy atom. The summed E-state index contributed by atoms with van der Waals surface area (Å²) in [5, 5.41) is 0. The maximum atomic E-state index is 5.78. The summed E-state index contributed by atoms with van der Waals surface area (Å²) in [6.07, 6.45) is 0. The number of ether oxygens (including phenoxy) is 1. The van der Waals surface area contributed by atoms with Crippen molar-refractivity contribution in [2.45, 2.75) is 0 Å². The van der Waals surface area contributed by atoms with E-state index in [1.54, 1.807) is 0 Å². The van der Waals surface area contributed by atoms with Gasteiger partial charge in [-0.3, -0.25) is 3.93 Å². The molecule has 0 N–H and O–H groups in total. The minimum absolute atomic E-state index is 0.869. The van der Waals surface area contributed by atoms with Crippen molar-refractivity contribution in [3.05, 3.63) is 48.5 Å². The van der Waals surface area contributed by atoms with Crippen molar-refractivity contribution < 1.29 is 4.74 Å². The molecule has 0 aliphatic carbocycles. The van der Waals surface area contributed by atoms with Gasteiger partial charge in [-0.2, -0.15) is 0 Å². The van der Waals surface area contributed by atoms with E-state index in [0.29, 0.717) is 0 Å². The van der Waals surface area contributed by atoms with Gasteiger partial charge in [-0.05, 0) is 24.3 Å². The van der Waals surface area contributed by atoms with E-state index in [1.807, 2.05) is 52.5 Å². The summed E-state index contributed by atoms with van der Waals surface area (Å²) in [7, 11) is 0. The van der Waals surface area contributed by atoms with Crippen LogP contribution in [0.3, 0.4) is 0 Å². The van der Waals surface area contributed by atoms with Crippen LogP contribution in [0.4, 0.5) is 11.4 Å². The summed E-state index contributed by atoms with van der Waals surface area (Å²) < 4.78 is 7.74. The molecule has 3 heteroatoms. The molecule has 0 saturated heterocycles. The average molecular weight is 262 g/mol. The lowest BCUT2D eigenvalue weighted by Crippen LogP contribution is -2.08. The molecule has 0 bridgehead atoms. The topological polar surface area (TPSA) is 12.5 Å². The normalized spacial score (nSPS) is 12.7. The van der Waals surface area contributed by atoms with Gasteiger partial charge < -0.3 is 4.74 Å². The Kier molecular flexibility index (Phi) is 1.92. The van der Waals surface area contributed by atoms with E-state index >= 15 is 0 Å². The Labute approximate surface area is 96.4 Å². The van der Waals surface area contributed by atoms with Crippen LogP contribution >= 0.6 is 16.1 Å². The lowest BCUT2D eigenvalue weighted by atomic mass is 10.2. The van der Waals surface area contributed by atoms with Crippen LogP contribution in [-0.4, -0.2) is 0 Å². The first kappa shape index (κ1) is 8.80. The molecule has 0 spiro atoms. The Bertz CT molecular complexity index is 467. The lowest BCUT2D eigenvalue weighted by molar-refractivity contribution is 0.479. The summed E-state index contributed by atoms with van der Waals surface area (Å²) >= 11 is 3.54. The van der Waals surface area contributed by atoms with Gasteiger partial charge in [0.05, 0.1) is 27.5 Å². The molecule has 2 aromatic carbocycles. The Morgan fingerprint density at radius 3 is 1.80 bits per heavy atom. The molecule has 0 amide bonds. The van der Waals surface area contributed by atoms with Crippen LogP contribution in [-0.2, 0) is 0 Å². The van der Waals surface area contributed by atoms with Crippen molar-refractivity contribution in [2.75, 3.05) is 3.93 Å². The number of halogens is 1. The number of benzene rings is 2. The van der Waals surface area contributed by atoms with Gasteiger partial charge in [-0.25, -0.2) is 0 Å². The number of para-hydroxylation sites is 4. The zero-order chi connectivity index (χ0) is 10.3. The lowest BCUT2D eigenvalue weighted by Gasteiger charge is -2.27. The second-order valence-corrected chi connectivity index (χ2v) is 4.03. The highest BCUT2D eigenvalue weighted by Gasteiger charge is 2.21. The van der Waals surface area contributed by atoms with Gasteiger partial charge in [0.1, 0.15) is 0 Å². The monoisotopic (exact) mass is 261 g/mol. The van der Waals surface area contributed by atoms with Crippen LogP contribution in [0.25, 0.3) is 0 Å². The largest absolute Gasteiger partial charge is 0.453 e. The molecule has 0 atom stereocenters. The predicted molar refractivity (Wildman–Crippen MR) is 64.0 cm³/mol. The van der Waals surface area contributed by atoms with Gasteiger partial charge in [0, 0.05) is 0 Å². The van der Waals surface area contributed by atoms with E-state index in [4.69, 9.17) is 4.74 Å². The first-order chi connectivity index (χ1) is 7.36. The van der Waals surface area contributed by atoms with E-state index in [-0.39, 0.29) is 0 Å². The Balaban J connectivity index is 2.20. The molecule has 0 saturated carbocycles. The van der Waals surface area contributed by atoms with E-state index < -0.39 is 0 Å². The van der Waals surface area contributed by atoms with Crippen molar-refractivity contribution >= 4 is 27.5 Å². The number of nitrogens with zero attached hydrogens (tertiary/aromatic N) is 1. The zero-order valence-electron chi connectivity index (χ0n) is 7.85. The van der Waals surface area contributed by atoms with Crippen LogP contribution in [0, 0.1) is 0 Å². The van der Waals surface area contributed by atoms with Gasteiger partial charge in [-0.15, -0.1) is 0 Å². The predicted octanol–water partition coefficient (Wildman–Crippen LogP) is 4.24. The second kappa shape index (κ2) is 3.28. The number of hydrogen-bond acceptors (Lipinski definition) is 2. The van der Waals surface area contributed by atoms with Gasteiger partial charge in [0.2, 0.25) is 0 Å². The second-order valence-electron chi connectivity index (χ2n) is 3.32. The first-order valence-corrected chi connectivity index (χ1v) is 5.39. The van der Waals surface area contributed by atoms with Crippen molar-refractivity contribution in [3.8, 4) is 11.5 Å². The van der Waals surface area contributed by atoms with Crippen molar-refractivity contribution in [1.29, 1.82) is 0 Å². The quantitative estimate of drug-likeness (QED) is 0.658. The van der Waals surface area contributed by atoms with E-state index in [9.17, 15) is 0 Å². The number of anilines is 2. The van der Waals surface area contributed by atoms with Crippen LogP contribution in [0.1, 0.15) is 0 Å². The van der Waals surface area contributed by atoms with Crippen molar-refractivity contribution in [3.63, 3.8) is 0 Å². The third-order valence-electron chi connectivity index (χ3n) is 2.37. The molecular formula is C12H8BrNO. The molecule has 1 heterocycles. The molecule has 0 aromatic heterocycles. The molecule has 2 aromatic rings. The zero-order valence-corrected chi connectivity index (χ0v) is 9.44. The SMILES string of the molecule is BrN1c2ccccc2Oc2ccccc21. The number of fused-ring (bicyclic) bond motifs is 2. The summed E-state index contributed by atoms with van der Waals surface area (Å²) in [4.78, 5) is 0. The van der Waals surface area contributed by atoms with Crippen molar-refractivity contribution in [1.82, 2.24) is 0 Å².